The van der Waals surface area contributed by atoms with Crippen LogP contribution in [0.5, 0.6) is 5.75 Å². The highest BCUT2D eigenvalue weighted by Crippen LogP contribution is 2.18. The first-order chi connectivity index (χ1) is 20.9. The monoisotopic (exact) mass is 581 g/mol. The van der Waals surface area contributed by atoms with E-state index in [0.29, 0.717) is 30.1 Å². The molecule has 1 atom stereocenters. The standard InChI is InChI=1S/C35H43N5O3/c1-6-37-21-22-43-32-17-16-28(26(4)23-32)14-15-29-19-20-38-34(36-5)33(29)18-11-27-9-12-30(13-10-27)35(42)39-24-31(41)25-40(7-2)8-3/h9-10,12-13,16-17,19-20,23,31,37,41H,6-8,21-22,24-25H2,1-5H3,(H,36,38)(H,39,42). The van der Waals surface area contributed by atoms with Gasteiger partial charge in [0.2, 0.25) is 0 Å². The molecule has 0 saturated heterocycles. The van der Waals surface area contributed by atoms with Crippen molar-refractivity contribution in [3.05, 3.63) is 88.1 Å². The second-order valence-corrected chi connectivity index (χ2v) is 9.94. The minimum Gasteiger partial charge on any atom is -0.492 e. The summed E-state index contributed by atoms with van der Waals surface area (Å²) in [5.41, 5.74) is 4.66. The molecule has 0 aliphatic rings. The van der Waals surface area contributed by atoms with Crippen molar-refractivity contribution in [3.63, 3.8) is 0 Å². The Hall–Kier alpha value is -4.34. The fourth-order valence-corrected chi connectivity index (χ4v) is 4.30. The van der Waals surface area contributed by atoms with E-state index in [9.17, 15) is 9.90 Å². The Bertz CT molecular complexity index is 1460. The number of aliphatic hydroxyl groups is 1. The van der Waals surface area contributed by atoms with Gasteiger partial charge in [0, 0.05) is 55.1 Å². The average molecular weight is 582 g/mol. The number of amides is 1. The molecule has 8 nitrogen and oxygen atoms in total. The predicted molar refractivity (Wildman–Crippen MR) is 174 cm³/mol. The molecular weight excluding hydrogens is 538 g/mol. The van der Waals surface area contributed by atoms with Crippen molar-refractivity contribution in [1.82, 2.24) is 20.5 Å². The van der Waals surface area contributed by atoms with Gasteiger partial charge in [-0.3, -0.25) is 4.79 Å². The third-order valence-electron chi connectivity index (χ3n) is 6.86. The summed E-state index contributed by atoms with van der Waals surface area (Å²) < 4.78 is 5.81. The van der Waals surface area contributed by atoms with Gasteiger partial charge in [0.25, 0.3) is 5.91 Å². The molecule has 2 aromatic carbocycles. The zero-order valence-corrected chi connectivity index (χ0v) is 25.9. The number of ether oxygens (including phenoxy) is 1. The van der Waals surface area contributed by atoms with Gasteiger partial charge in [0.15, 0.2) is 0 Å². The molecule has 1 aromatic heterocycles. The van der Waals surface area contributed by atoms with E-state index >= 15 is 0 Å². The Labute approximate surface area is 256 Å². The molecule has 3 aromatic rings. The van der Waals surface area contributed by atoms with Crippen LogP contribution < -0.4 is 20.7 Å². The summed E-state index contributed by atoms with van der Waals surface area (Å²) in [6.07, 6.45) is 1.09. The summed E-state index contributed by atoms with van der Waals surface area (Å²) in [7, 11) is 1.80. The quantitative estimate of drug-likeness (QED) is 0.181. The molecule has 1 amide bonds. The van der Waals surface area contributed by atoms with Crippen molar-refractivity contribution in [2.24, 2.45) is 0 Å². The van der Waals surface area contributed by atoms with E-state index in [1.807, 2.05) is 45.0 Å². The van der Waals surface area contributed by atoms with E-state index in [0.717, 1.165) is 54.2 Å². The van der Waals surface area contributed by atoms with Crippen molar-refractivity contribution in [2.75, 3.05) is 58.2 Å². The molecule has 0 aliphatic carbocycles. The van der Waals surface area contributed by atoms with Crippen LogP contribution in [-0.4, -0.2) is 79.9 Å². The fraction of sp³-hybridized carbons (Fsp3) is 0.371. The van der Waals surface area contributed by atoms with Crippen LogP contribution in [0.3, 0.4) is 0 Å². The lowest BCUT2D eigenvalue weighted by atomic mass is 10.1. The number of carbonyl (C=O) groups excluding carboxylic acids is 1. The summed E-state index contributed by atoms with van der Waals surface area (Å²) in [6.45, 7) is 13.0. The molecule has 1 unspecified atom stereocenters. The number of likely N-dealkylation sites (N-methyl/N-ethyl adjacent to an activating group) is 2. The number of nitrogens with zero attached hydrogens (tertiary/aromatic N) is 2. The molecule has 8 heteroatoms. The van der Waals surface area contributed by atoms with E-state index in [-0.39, 0.29) is 12.5 Å². The molecule has 4 N–H and O–H groups in total. The Balaban J connectivity index is 1.71. The fourth-order valence-electron chi connectivity index (χ4n) is 4.30. The van der Waals surface area contributed by atoms with E-state index in [1.54, 1.807) is 37.5 Å². The first kappa shape index (κ1) is 33.2. The average Bonchev–Trinajstić information content (AvgIpc) is 3.03. The summed E-state index contributed by atoms with van der Waals surface area (Å²) >= 11 is 0. The minimum atomic E-state index is -0.623. The maximum Gasteiger partial charge on any atom is 0.251 e. The lowest BCUT2D eigenvalue weighted by Crippen LogP contribution is -2.40. The summed E-state index contributed by atoms with van der Waals surface area (Å²) in [4.78, 5) is 19.1. The molecular formula is C35H43N5O3. The SMILES string of the molecule is CCNCCOc1ccc(C#Cc2ccnc(NC)c2C#Cc2ccc(C(=O)NCC(O)CN(CC)CC)cc2)c(C)c1. The predicted octanol–water partition coefficient (Wildman–Crippen LogP) is 3.65. The molecule has 0 fully saturated rings. The number of anilines is 1. The van der Waals surface area contributed by atoms with Crippen LogP contribution in [-0.2, 0) is 0 Å². The van der Waals surface area contributed by atoms with Crippen LogP contribution in [0.25, 0.3) is 0 Å². The highest BCUT2D eigenvalue weighted by molar-refractivity contribution is 5.94. The van der Waals surface area contributed by atoms with Crippen LogP contribution in [0.4, 0.5) is 5.82 Å². The molecule has 0 bridgehead atoms. The van der Waals surface area contributed by atoms with Crippen LogP contribution in [0.1, 0.15) is 58.9 Å². The highest BCUT2D eigenvalue weighted by atomic mass is 16.5. The molecule has 226 valence electrons. The third-order valence-corrected chi connectivity index (χ3v) is 6.86. The lowest BCUT2D eigenvalue weighted by molar-refractivity contribution is 0.0869. The van der Waals surface area contributed by atoms with E-state index < -0.39 is 6.10 Å². The lowest BCUT2D eigenvalue weighted by Gasteiger charge is -2.22. The maximum absolute atomic E-state index is 12.6. The van der Waals surface area contributed by atoms with E-state index in [4.69, 9.17) is 4.74 Å². The molecule has 0 aliphatic heterocycles. The summed E-state index contributed by atoms with van der Waals surface area (Å²) in [5, 5.41) is 19.4. The smallest absolute Gasteiger partial charge is 0.251 e. The highest BCUT2D eigenvalue weighted by Gasteiger charge is 2.12. The second kappa shape index (κ2) is 17.6. The van der Waals surface area contributed by atoms with Gasteiger partial charge in [-0.15, -0.1) is 0 Å². The van der Waals surface area contributed by atoms with Crippen molar-refractivity contribution in [1.29, 1.82) is 0 Å². The molecule has 3 rings (SSSR count). The summed E-state index contributed by atoms with van der Waals surface area (Å²) in [5.74, 6) is 14.2. The van der Waals surface area contributed by atoms with Gasteiger partial charge in [-0.2, -0.15) is 0 Å². The molecule has 0 radical (unpaired) electrons. The Morgan fingerprint density at radius 1 is 1.00 bits per heavy atom. The number of nitrogens with one attached hydrogen (secondary N) is 3. The normalized spacial score (nSPS) is 11.1. The minimum absolute atomic E-state index is 0.197. The molecule has 0 spiro atoms. The van der Waals surface area contributed by atoms with Gasteiger partial charge >= 0.3 is 0 Å². The topological polar surface area (TPSA) is 98.8 Å². The van der Waals surface area contributed by atoms with Crippen molar-refractivity contribution >= 4 is 11.7 Å². The Kier molecular flexibility index (Phi) is 13.6. The van der Waals surface area contributed by atoms with Crippen LogP contribution in [0.2, 0.25) is 0 Å². The van der Waals surface area contributed by atoms with Gasteiger partial charge in [-0.05, 0) is 80.7 Å². The van der Waals surface area contributed by atoms with Crippen LogP contribution in [0, 0.1) is 30.6 Å². The summed E-state index contributed by atoms with van der Waals surface area (Å²) in [6, 6.07) is 14.8. The molecule has 43 heavy (non-hydrogen) atoms. The van der Waals surface area contributed by atoms with E-state index in [2.05, 4.69) is 56.4 Å². The van der Waals surface area contributed by atoms with Gasteiger partial charge in [0.1, 0.15) is 18.2 Å². The number of aryl methyl sites for hydroxylation is 1. The zero-order valence-electron chi connectivity index (χ0n) is 25.9. The number of hydrogen-bond donors (Lipinski definition) is 4. The van der Waals surface area contributed by atoms with Gasteiger partial charge in [0.05, 0.1) is 11.7 Å². The van der Waals surface area contributed by atoms with Crippen molar-refractivity contribution in [3.8, 4) is 29.4 Å². The first-order valence-corrected chi connectivity index (χ1v) is 14.8. The van der Waals surface area contributed by atoms with Crippen LogP contribution in [0.15, 0.2) is 54.7 Å². The molecule has 0 saturated carbocycles. The van der Waals surface area contributed by atoms with Crippen LogP contribution >= 0.6 is 0 Å². The third kappa shape index (κ3) is 10.5. The molecule has 1 heterocycles. The largest absolute Gasteiger partial charge is 0.492 e. The number of hydrogen-bond acceptors (Lipinski definition) is 7. The van der Waals surface area contributed by atoms with Crippen molar-refractivity contribution in [2.45, 2.75) is 33.8 Å². The maximum atomic E-state index is 12.6. The van der Waals surface area contributed by atoms with Gasteiger partial charge in [-0.25, -0.2) is 4.98 Å². The number of benzene rings is 2. The number of rotatable bonds is 13. The van der Waals surface area contributed by atoms with Gasteiger partial charge in [-0.1, -0.05) is 44.5 Å². The Morgan fingerprint density at radius 2 is 1.74 bits per heavy atom. The zero-order chi connectivity index (χ0) is 31.0. The number of pyridine rings is 1. The van der Waals surface area contributed by atoms with E-state index in [1.165, 1.54) is 0 Å². The van der Waals surface area contributed by atoms with Gasteiger partial charge < -0.3 is 30.7 Å². The van der Waals surface area contributed by atoms with Crippen molar-refractivity contribution < 1.29 is 14.6 Å². The number of aromatic nitrogens is 1. The first-order valence-electron chi connectivity index (χ1n) is 14.8. The Morgan fingerprint density at radius 3 is 2.42 bits per heavy atom. The number of carbonyl (C=O) groups is 1. The number of aliphatic hydroxyl groups excluding tert-OH is 1. The second-order valence-electron chi connectivity index (χ2n) is 9.94.